The van der Waals surface area contributed by atoms with Gasteiger partial charge in [-0.1, -0.05) is 164 Å². The van der Waals surface area contributed by atoms with Gasteiger partial charge in [0.15, 0.2) is 0 Å². The monoisotopic (exact) mass is 746 g/mol. The maximum absolute atomic E-state index is 6.73. The van der Waals surface area contributed by atoms with Gasteiger partial charge in [-0.2, -0.15) is 0 Å². The van der Waals surface area contributed by atoms with Crippen LogP contribution in [0.2, 0.25) is 0 Å². The Morgan fingerprint density at radius 3 is 1.29 bits per heavy atom. The van der Waals surface area contributed by atoms with Crippen molar-refractivity contribution in [3.63, 3.8) is 0 Å². The minimum atomic E-state index is 0.927. The van der Waals surface area contributed by atoms with Crippen LogP contribution in [-0.2, 0) is 0 Å². The smallest absolute Gasteiger partial charge is 0.143 e. The summed E-state index contributed by atoms with van der Waals surface area (Å²) in [5.41, 5.74) is 9.29. The molecule has 59 heavy (non-hydrogen) atoms. The fourth-order valence-electron chi connectivity index (χ4n) is 10.00. The van der Waals surface area contributed by atoms with Crippen molar-refractivity contribution >= 4 is 97.3 Å². The summed E-state index contributed by atoms with van der Waals surface area (Å²) in [6.07, 6.45) is 0. The van der Waals surface area contributed by atoms with E-state index in [-0.39, 0.29) is 0 Å². The Morgan fingerprint density at radius 2 is 0.661 bits per heavy atom. The second-order valence-corrected chi connectivity index (χ2v) is 16.0. The summed E-state index contributed by atoms with van der Waals surface area (Å²) in [5, 5.41) is 19.6. The van der Waals surface area contributed by atoms with E-state index < -0.39 is 0 Å². The van der Waals surface area contributed by atoms with Crippen molar-refractivity contribution in [1.82, 2.24) is 0 Å². The molecule has 0 spiro atoms. The second kappa shape index (κ2) is 12.4. The lowest BCUT2D eigenvalue weighted by Gasteiger charge is -2.18. The number of hydrogen-bond acceptors (Lipinski definition) is 1. The van der Waals surface area contributed by atoms with E-state index in [1.54, 1.807) is 0 Å². The summed E-state index contributed by atoms with van der Waals surface area (Å²) in [6, 6.07) is 75.9. The average Bonchev–Trinajstić information content (AvgIpc) is 3.68. The molecule has 0 atom stereocenters. The fourth-order valence-corrected chi connectivity index (χ4v) is 10.00. The SMILES string of the molecule is c1ccc2cc(-c3c4ccccc4c(-c4ccc5cc(-c6ccc7c(c6)c6ccccc6c6c8cc9ccccc9cc8oc76)ccc5c4)c4ccccc34)ccc2c1. The van der Waals surface area contributed by atoms with Crippen molar-refractivity contribution in [2.24, 2.45) is 0 Å². The standard InChI is InChI=1S/C58H34O/c1-2-12-36-30-43(25-21-35(36)11-1)55-47-17-7-9-19-49(47)56(50-20-10-8-18-48(50)55)44-26-24-39-29-40(22-23-41(39)31-44)42-27-28-51-52(32-42)45-15-5-6-16-46(45)57-53-33-37-13-3-4-14-38(37)34-54(53)59-58(51)57/h1-34H. The van der Waals surface area contributed by atoms with Crippen LogP contribution in [-0.4, -0.2) is 0 Å². The highest BCUT2D eigenvalue weighted by Crippen LogP contribution is 2.46. The Kier molecular flexibility index (Phi) is 6.79. The summed E-state index contributed by atoms with van der Waals surface area (Å²) >= 11 is 0. The van der Waals surface area contributed by atoms with Crippen molar-refractivity contribution in [3.8, 4) is 33.4 Å². The van der Waals surface area contributed by atoms with Gasteiger partial charge in [-0.15, -0.1) is 0 Å². The molecule has 272 valence electrons. The minimum absolute atomic E-state index is 0.927. The van der Waals surface area contributed by atoms with Gasteiger partial charge in [-0.25, -0.2) is 0 Å². The zero-order valence-electron chi connectivity index (χ0n) is 32.0. The van der Waals surface area contributed by atoms with E-state index in [1.165, 1.54) is 109 Å². The molecule has 0 saturated heterocycles. The average molecular weight is 747 g/mol. The van der Waals surface area contributed by atoms with E-state index in [9.17, 15) is 0 Å². The van der Waals surface area contributed by atoms with Gasteiger partial charge in [0.1, 0.15) is 11.2 Å². The fraction of sp³-hybridized carbons (Fsp3) is 0. The molecule has 0 amide bonds. The highest BCUT2D eigenvalue weighted by atomic mass is 16.3. The maximum atomic E-state index is 6.73. The molecule has 1 heteroatoms. The highest BCUT2D eigenvalue weighted by Gasteiger charge is 2.19. The van der Waals surface area contributed by atoms with Gasteiger partial charge in [0.2, 0.25) is 0 Å². The second-order valence-electron chi connectivity index (χ2n) is 16.0. The van der Waals surface area contributed by atoms with E-state index in [0.29, 0.717) is 0 Å². The van der Waals surface area contributed by atoms with Gasteiger partial charge in [-0.3, -0.25) is 0 Å². The van der Waals surface area contributed by atoms with E-state index in [1.807, 2.05) is 0 Å². The van der Waals surface area contributed by atoms with Crippen LogP contribution in [0.4, 0.5) is 0 Å². The summed E-state index contributed by atoms with van der Waals surface area (Å²) < 4.78 is 6.73. The minimum Gasteiger partial charge on any atom is -0.455 e. The predicted octanol–water partition coefficient (Wildman–Crippen LogP) is 16.7. The molecule has 0 radical (unpaired) electrons. The topological polar surface area (TPSA) is 13.1 Å². The van der Waals surface area contributed by atoms with Crippen LogP contribution in [0.25, 0.3) is 131 Å². The third kappa shape index (κ3) is 4.86. The molecule has 0 bridgehead atoms. The van der Waals surface area contributed by atoms with Crippen molar-refractivity contribution in [2.75, 3.05) is 0 Å². The first-order valence-electron chi connectivity index (χ1n) is 20.4. The van der Waals surface area contributed by atoms with Crippen molar-refractivity contribution < 1.29 is 4.42 Å². The Hall–Kier alpha value is -7.74. The molecule has 0 unspecified atom stereocenters. The van der Waals surface area contributed by atoms with E-state index >= 15 is 0 Å². The molecule has 0 aliphatic carbocycles. The lowest BCUT2D eigenvalue weighted by Crippen LogP contribution is -1.91. The number of fused-ring (bicyclic) bond motifs is 13. The molecule has 1 nitrogen and oxygen atoms in total. The maximum Gasteiger partial charge on any atom is 0.143 e. The zero-order chi connectivity index (χ0) is 38.6. The molecular formula is C58H34O. The van der Waals surface area contributed by atoms with Gasteiger partial charge in [-0.05, 0) is 146 Å². The quantitative estimate of drug-likeness (QED) is 0.130. The van der Waals surface area contributed by atoms with Crippen LogP contribution >= 0.6 is 0 Å². The molecule has 0 saturated carbocycles. The molecule has 0 N–H and O–H groups in total. The third-order valence-electron chi connectivity index (χ3n) is 12.7. The molecule has 13 rings (SSSR count). The summed E-state index contributed by atoms with van der Waals surface area (Å²) in [5.74, 6) is 0. The normalized spacial score (nSPS) is 12.1. The van der Waals surface area contributed by atoms with Gasteiger partial charge in [0, 0.05) is 16.2 Å². The van der Waals surface area contributed by atoms with Crippen molar-refractivity contribution in [3.05, 3.63) is 206 Å². The van der Waals surface area contributed by atoms with Crippen LogP contribution in [0.15, 0.2) is 211 Å². The van der Waals surface area contributed by atoms with E-state index in [2.05, 4.69) is 206 Å². The molecule has 0 aliphatic rings. The van der Waals surface area contributed by atoms with E-state index in [4.69, 9.17) is 4.42 Å². The third-order valence-corrected chi connectivity index (χ3v) is 12.7. The van der Waals surface area contributed by atoms with Crippen LogP contribution in [0.5, 0.6) is 0 Å². The van der Waals surface area contributed by atoms with Gasteiger partial charge >= 0.3 is 0 Å². The molecular weight excluding hydrogens is 713 g/mol. The zero-order valence-corrected chi connectivity index (χ0v) is 32.0. The highest BCUT2D eigenvalue weighted by molar-refractivity contribution is 6.31. The molecule has 12 aromatic carbocycles. The van der Waals surface area contributed by atoms with Gasteiger partial charge in [0.25, 0.3) is 0 Å². The summed E-state index contributed by atoms with van der Waals surface area (Å²) in [4.78, 5) is 0. The number of benzene rings is 12. The first kappa shape index (κ1) is 32.4. The van der Waals surface area contributed by atoms with Gasteiger partial charge < -0.3 is 4.42 Å². The molecule has 0 aliphatic heterocycles. The van der Waals surface area contributed by atoms with Crippen LogP contribution < -0.4 is 0 Å². The first-order valence-corrected chi connectivity index (χ1v) is 20.4. The predicted molar refractivity (Wildman–Crippen MR) is 253 cm³/mol. The van der Waals surface area contributed by atoms with Crippen molar-refractivity contribution in [2.45, 2.75) is 0 Å². The van der Waals surface area contributed by atoms with Crippen molar-refractivity contribution in [1.29, 1.82) is 0 Å². The van der Waals surface area contributed by atoms with Crippen LogP contribution in [0.3, 0.4) is 0 Å². The first-order chi connectivity index (χ1) is 29.2. The number of hydrogen-bond donors (Lipinski definition) is 0. The molecule has 1 heterocycles. The molecule has 13 aromatic rings. The Morgan fingerprint density at radius 1 is 0.237 bits per heavy atom. The Balaban J connectivity index is 0.954. The largest absolute Gasteiger partial charge is 0.455 e. The van der Waals surface area contributed by atoms with Crippen LogP contribution in [0, 0.1) is 0 Å². The molecule has 1 aromatic heterocycles. The molecule has 0 fully saturated rings. The Labute approximate surface area is 340 Å². The van der Waals surface area contributed by atoms with E-state index in [0.717, 1.165) is 21.9 Å². The van der Waals surface area contributed by atoms with Crippen LogP contribution in [0.1, 0.15) is 0 Å². The summed E-state index contributed by atoms with van der Waals surface area (Å²) in [7, 11) is 0. The number of rotatable bonds is 3. The number of furan rings is 1. The lowest BCUT2D eigenvalue weighted by molar-refractivity contribution is 0.673. The summed E-state index contributed by atoms with van der Waals surface area (Å²) in [6.45, 7) is 0. The lowest BCUT2D eigenvalue weighted by atomic mass is 9.85. The Bertz CT molecular complexity index is 3850. The van der Waals surface area contributed by atoms with Gasteiger partial charge in [0.05, 0.1) is 0 Å².